The summed E-state index contributed by atoms with van der Waals surface area (Å²) < 4.78 is 5.47. The van der Waals surface area contributed by atoms with Crippen LogP contribution in [0.2, 0.25) is 5.02 Å². The van der Waals surface area contributed by atoms with Gasteiger partial charge in [-0.3, -0.25) is 4.98 Å². The fourth-order valence-corrected chi connectivity index (χ4v) is 2.40. The van der Waals surface area contributed by atoms with Crippen LogP contribution in [-0.2, 0) is 0 Å². The third-order valence-corrected chi connectivity index (χ3v) is 3.56. The number of rotatable bonds is 2. The van der Waals surface area contributed by atoms with Gasteiger partial charge in [-0.1, -0.05) is 17.7 Å². The minimum atomic E-state index is -0.412. The molecule has 4 nitrogen and oxygen atoms in total. The summed E-state index contributed by atoms with van der Waals surface area (Å²) in [5.74, 6) is -0.0377. The number of esters is 1. The smallest absolute Gasteiger partial charge is 0.344 e. The Kier molecular flexibility index (Phi) is 3.39. The summed E-state index contributed by atoms with van der Waals surface area (Å²) in [6, 6.07) is 7.28. The van der Waals surface area contributed by atoms with Crippen molar-refractivity contribution < 1.29 is 9.53 Å². The van der Waals surface area contributed by atoms with Crippen molar-refractivity contribution in [1.82, 2.24) is 9.97 Å². The number of fused-ring (bicyclic) bond motifs is 1. The number of ether oxygens (including phenoxy) is 1. The summed E-state index contributed by atoms with van der Waals surface area (Å²) in [5.41, 5.74) is 2.92. The number of aromatic amines is 1. The van der Waals surface area contributed by atoms with Gasteiger partial charge in [-0.25, -0.2) is 4.79 Å². The SMILES string of the molecule is Cc1ccc2[nH]ccc2c1C(=O)Oc1cc(Cl)cnc1C. The molecule has 1 N–H and O–H groups in total. The molecule has 1 aromatic carbocycles. The number of pyridine rings is 1. The van der Waals surface area contributed by atoms with Crippen molar-refractivity contribution in [3.05, 3.63) is 58.5 Å². The fraction of sp³-hybridized carbons (Fsp3) is 0.125. The second kappa shape index (κ2) is 5.22. The van der Waals surface area contributed by atoms with E-state index in [2.05, 4.69) is 9.97 Å². The largest absolute Gasteiger partial charge is 0.421 e. The van der Waals surface area contributed by atoms with Gasteiger partial charge in [0.1, 0.15) is 0 Å². The van der Waals surface area contributed by atoms with Gasteiger partial charge in [0.15, 0.2) is 5.75 Å². The predicted molar refractivity (Wildman–Crippen MR) is 82.0 cm³/mol. The number of carbonyl (C=O) groups excluding carboxylic acids is 1. The number of aryl methyl sites for hydroxylation is 2. The minimum absolute atomic E-state index is 0.374. The Labute approximate surface area is 126 Å². The minimum Gasteiger partial charge on any atom is -0.421 e. The first kappa shape index (κ1) is 13.6. The zero-order valence-corrected chi connectivity index (χ0v) is 12.4. The standard InChI is InChI=1S/C16H13ClN2O2/c1-9-3-4-13-12(5-6-18-13)15(9)16(20)21-14-7-11(17)8-19-10(14)2/h3-8,18H,1-2H3. The van der Waals surface area contributed by atoms with Crippen LogP contribution in [0.3, 0.4) is 0 Å². The van der Waals surface area contributed by atoms with Crippen LogP contribution in [-0.4, -0.2) is 15.9 Å². The Morgan fingerprint density at radius 1 is 1.29 bits per heavy atom. The molecule has 106 valence electrons. The lowest BCUT2D eigenvalue weighted by Crippen LogP contribution is -2.11. The van der Waals surface area contributed by atoms with E-state index >= 15 is 0 Å². The van der Waals surface area contributed by atoms with Gasteiger partial charge in [0.2, 0.25) is 0 Å². The highest BCUT2D eigenvalue weighted by atomic mass is 35.5. The Hall–Kier alpha value is -2.33. The number of halogens is 1. The molecule has 0 bridgehead atoms. The van der Waals surface area contributed by atoms with Crippen molar-refractivity contribution in [2.24, 2.45) is 0 Å². The first-order valence-electron chi connectivity index (χ1n) is 6.47. The highest BCUT2D eigenvalue weighted by Gasteiger charge is 2.17. The Bertz CT molecular complexity index is 839. The summed E-state index contributed by atoms with van der Waals surface area (Å²) in [4.78, 5) is 19.7. The van der Waals surface area contributed by atoms with Gasteiger partial charge in [0, 0.05) is 29.4 Å². The van der Waals surface area contributed by atoms with E-state index in [0.717, 1.165) is 16.5 Å². The lowest BCUT2D eigenvalue weighted by molar-refractivity contribution is 0.0734. The van der Waals surface area contributed by atoms with Crippen LogP contribution >= 0.6 is 11.6 Å². The van der Waals surface area contributed by atoms with Crippen molar-refractivity contribution in [3.8, 4) is 5.75 Å². The predicted octanol–water partition coefficient (Wildman–Crippen LogP) is 4.05. The zero-order valence-electron chi connectivity index (χ0n) is 11.6. The lowest BCUT2D eigenvalue weighted by atomic mass is 10.0. The zero-order chi connectivity index (χ0) is 15.0. The molecule has 5 heteroatoms. The van der Waals surface area contributed by atoms with E-state index in [1.807, 2.05) is 25.1 Å². The van der Waals surface area contributed by atoms with Crippen molar-refractivity contribution >= 4 is 28.5 Å². The molecule has 2 heterocycles. The van der Waals surface area contributed by atoms with E-state index in [4.69, 9.17) is 16.3 Å². The average molecular weight is 301 g/mol. The van der Waals surface area contributed by atoms with E-state index in [1.165, 1.54) is 6.20 Å². The molecule has 0 aliphatic heterocycles. The molecule has 0 spiro atoms. The van der Waals surface area contributed by atoms with Crippen LogP contribution in [0.5, 0.6) is 5.75 Å². The molecule has 0 saturated heterocycles. The van der Waals surface area contributed by atoms with Gasteiger partial charge in [-0.15, -0.1) is 0 Å². The van der Waals surface area contributed by atoms with Crippen LogP contribution in [0.4, 0.5) is 0 Å². The quantitative estimate of drug-likeness (QED) is 0.726. The highest BCUT2D eigenvalue weighted by Crippen LogP contribution is 2.25. The van der Waals surface area contributed by atoms with Gasteiger partial charge in [-0.2, -0.15) is 0 Å². The summed E-state index contributed by atoms with van der Waals surface area (Å²) in [5, 5.41) is 1.27. The maximum atomic E-state index is 12.5. The molecule has 0 fully saturated rings. The van der Waals surface area contributed by atoms with E-state index in [1.54, 1.807) is 19.2 Å². The number of hydrogen-bond donors (Lipinski definition) is 1. The second-order valence-electron chi connectivity index (χ2n) is 4.82. The van der Waals surface area contributed by atoms with Crippen molar-refractivity contribution in [2.45, 2.75) is 13.8 Å². The average Bonchev–Trinajstić information content (AvgIpc) is 2.90. The summed E-state index contributed by atoms with van der Waals surface area (Å²) >= 11 is 5.90. The normalized spacial score (nSPS) is 10.8. The molecule has 0 aliphatic rings. The number of hydrogen-bond acceptors (Lipinski definition) is 3. The lowest BCUT2D eigenvalue weighted by Gasteiger charge is -2.10. The first-order valence-corrected chi connectivity index (χ1v) is 6.85. The van der Waals surface area contributed by atoms with Gasteiger partial charge < -0.3 is 9.72 Å². The molecule has 0 unspecified atom stereocenters. The van der Waals surface area contributed by atoms with Crippen LogP contribution < -0.4 is 4.74 Å². The number of nitrogens with zero attached hydrogens (tertiary/aromatic N) is 1. The Morgan fingerprint density at radius 2 is 2.10 bits per heavy atom. The van der Waals surface area contributed by atoms with E-state index in [0.29, 0.717) is 22.0 Å². The van der Waals surface area contributed by atoms with Gasteiger partial charge in [0.05, 0.1) is 16.3 Å². The number of benzene rings is 1. The van der Waals surface area contributed by atoms with Crippen LogP contribution in [0.15, 0.2) is 36.7 Å². The molecular weight excluding hydrogens is 288 g/mol. The van der Waals surface area contributed by atoms with Crippen LogP contribution in [0.1, 0.15) is 21.6 Å². The van der Waals surface area contributed by atoms with Gasteiger partial charge in [-0.05, 0) is 31.5 Å². The molecule has 0 radical (unpaired) electrons. The third-order valence-electron chi connectivity index (χ3n) is 3.36. The van der Waals surface area contributed by atoms with Crippen LogP contribution in [0, 0.1) is 13.8 Å². The summed E-state index contributed by atoms with van der Waals surface area (Å²) in [7, 11) is 0. The molecule has 0 amide bonds. The molecule has 3 rings (SSSR count). The molecule has 0 saturated carbocycles. The number of aromatic nitrogens is 2. The monoisotopic (exact) mass is 300 g/mol. The topological polar surface area (TPSA) is 55.0 Å². The van der Waals surface area contributed by atoms with E-state index in [-0.39, 0.29) is 0 Å². The molecule has 0 atom stereocenters. The van der Waals surface area contributed by atoms with Crippen molar-refractivity contribution in [3.63, 3.8) is 0 Å². The number of nitrogens with one attached hydrogen (secondary N) is 1. The fourth-order valence-electron chi connectivity index (χ4n) is 2.26. The molecular formula is C16H13ClN2O2. The molecule has 3 aromatic rings. The number of H-pyrrole nitrogens is 1. The van der Waals surface area contributed by atoms with Gasteiger partial charge in [0.25, 0.3) is 0 Å². The van der Waals surface area contributed by atoms with Crippen molar-refractivity contribution in [1.29, 1.82) is 0 Å². The number of carbonyl (C=O) groups is 1. The first-order chi connectivity index (χ1) is 10.1. The summed E-state index contributed by atoms with van der Waals surface area (Å²) in [6.45, 7) is 3.65. The summed E-state index contributed by atoms with van der Waals surface area (Å²) in [6.07, 6.45) is 3.32. The Balaban J connectivity index is 2.03. The molecule has 2 aromatic heterocycles. The molecule has 21 heavy (non-hydrogen) atoms. The Morgan fingerprint density at radius 3 is 2.90 bits per heavy atom. The highest BCUT2D eigenvalue weighted by molar-refractivity contribution is 6.30. The molecule has 0 aliphatic carbocycles. The van der Waals surface area contributed by atoms with Crippen molar-refractivity contribution in [2.75, 3.05) is 0 Å². The van der Waals surface area contributed by atoms with Crippen LogP contribution in [0.25, 0.3) is 10.9 Å². The van der Waals surface area contributed by atoms with E-state index < -0.39 is 5.97 Å². The van der Waals surface area contributed by atoms with E-state index in [9.17, 15) is 4.79 Å². The van der Waals surface area contributed by atoms with Gasteiger partial charge >= 0.3 is 5.97 Å². The maximum absolute atomic E-state index is 12.5. The second-order valence-corrected chi connectivity index (χ2v) is 5.26. The maximum Gasteiger partial charge on any atom is 0.344 e. The third kappa shape index (κ3) is 2.50.